The number of anilines is 2. The van der Waals surface area contributed by atoms with Gasteiger partial charge in [0.2, 0.25) is 16.0 Å². The Balaban J connectivity index is 1.37. The molecular formula is C26H32ClF3N8O2S. The van der Waals surface area contributed by atoms with Crippen molar-refractivity contribution in [1.82, 2.24) is 28.7 Å². The molecule has 10 nitrogen and oxygen atoms in total. The van der Waals surface area contributed by atoms with Gasteiger partial charge in [0.05, 0.1) is 17.0 Å². The molecule has 2 fully saturated rings. The number of halogens is 4. The lowest BCUT2D eigenvalue weighted by atomic mass is 10.1. The van der Waals surface area contributed by atoms with Crippen molar-refractivity contribution >= 4 is 33.3 Å². The lowest BCUT2D eigenvalue weighted by Gasteiger charge is -2.30. The van der Waals surface area contributed by atoms with Gasteiger partial charge in [-0.25, -0.2) is 27.7 Å². The summed E-state index contributed by atoms with van der Waals surface area (Å²) in [7, 11) is 0.826. The highest BCUT2D eigenvalue weighted by molar-refractivity contribution is 7.88. The van der Waals surface area contributed by atoms with Gasteiger partial charge in [-0.1, -0.05) is 11.6 Å². The SMILES string of the molecule is CN(C)C1CCN(c2ccc(-n3cnc(-c4nc(NC5CCN(S(C)(=O)=O)CC5)ncc4C(F)(F)F)c3)c(Cl)c2)C1. The summed E-state index contributed by atoms with van der Waals surface area (Å²) in [6, 6.07) is 5.91. The lowest BCUT2D eigenvalue weighted by molar-refractivity contribution is -0.137. The summed E-state index contributed by atoms with van der Waals surface area (Å²) >= 11 is 6.63. The maximum absolute atomic E-state index is 13.9. The second-order valence-corrected chi connectivity index (χ2v) is 13.1. The molecule has 2 aliphatic rings. The molecule has 0 radical (unpaired) electrons. The summed E-state index contributed by atoms with van der Waals surface area (Å²) in [4.78, 5) is 16.8. The predicted molar refractivity (Wildman–Crippen MR) is 152 cm³/mol. The Morgan fingerprint density at radius 1 is 1.10 bits per heavy atom. The number of nitrogens with one attached hydrogen (secondary N) is 1. The maximum Gasteiger partial charge on any atom is 0.420 e. The number of alkyl halides is 3. The average molecular weight is 613 g/mol. The summed E-state index contributed by atoms with van der Waals surface area (Å²) in [5.41, 5.74) is 0.212. The number of aromatic nitrogens is 4. The number of rotatable bonds is 7. The monoisotopic (exact) mass is 612 g/mol. The third-order valence-electron chi connectivity index (χ3n) is 7.64. The van der Waals surface area contributed by atoms with Crippen molar-refractivity contribution in [3.8, 4) is 17.1 Å². The Bertz CT molecular complexity index is 1510. The number of piperidine rings is 1. The van der Waals surface area contributed by atoms with E-state index in [1.54, 1.807) is 4.57 Å². The molecule has 5 rings (SSSR count). The fourth-order valence-corrected chi connectivity index (χ4v) is 6.39. The van der Waals surface area contributed by atoms with Crippen molar-refractivity contribution in [3.05, 3.63) is 47.5 Å². The topological polar surface area (TPSA) is 99.5 Å². The number of sulfonamides is 1. The molecule has 3 aromatic rings. The molecule has 41 heavy (non-hydrogen) atoms. The van der Waals surface area contributed by atoms with Crippen LogP contribution in [0.15, 0.2) is 36.9 Å². The van der Waals surface area contributed by atoms with E-state index in [4.69, 9.17) is 11.6 Å². The standard InChI is InChI=1S/C26H32ClF3N8O2S/c1-35(2)19-8-9-36(14-19)18-4-5-23(21(27)12-18)37-15-22(32-16-37)24-20(26(28,29)30)13-31-25(34-24)33-17-6-10-38(11-7-17)41(3,39)40/h4-5,12-13,15-17,19H,6-11,14H2,1-3H3,(H,31,33,34). The molecule has 2 saturated heterocycles. The van der Waals surface area contributed by atoms with Crippen molar-refractivity contribution in [1.29, 1.82) is 0 Å². The van der Waals surface area contributed by atoms with Crippen LogP contribution in [0.25, 0.3) is 17.1 Å². The normalized spacial score (nSPS) is 19.3. The molecule has 1 atom stereocenters. The molecule has 0 saturated carbocycles. The van der Waals surface area contributed by atoms with Crippen molar-refractivity contribution in [2.75, 3.05) is 56.7 Å². The van der Waals surface area contributed by atoms with E-state index < -0.39 is 21.8 Å². The number of nitrogens with zero attached hydrogens (tertiary/aromatic N) is 7. The first-order chi connectivity index (χ1) is 19.3. The van der Waals surface area contributed by atoms with E-state index in [0.717, 1.165) is 37.7 Å². The Kier molecular flexibility index (Phi) is 8.21. The molecule has 222 valence electrons. The number of likely N-dealkylation sites (N-methyl/N-ethyl adjacent to an activating group) is 1. The summed E-state index contributed by atoms with van der Waals surface area (Å²) in [6.07, 6.45) is 2.07. The molecule has 0 spiro atoms. The minimum Gasteiger partial charge on any atom is -0.370 e. The van der Waals surface area contributed by atoms with Crippen LogP contribution in [0.2, 0.25) is 5.02 Å². The van der Waals surface area contributed by atoms with Crippen LogP contribution >= 0.6 is 11.6 Å². The fraction of sp³-hybridized carbons (Fsp3) is 0.500. The third-order valence-corrected chi connectivity index (χ3v) is 9.25. The Labute approximate surface area is 242 Å². The highest BCUT2D eigenvalue weighted by Crippen LogP contribution is 2.36. The summed E-state index contributed by atoms with van der Waals surface area (Å²) in [5, 5.41) is 3.50. The van der Waals surface area contributed by atoms with Gasteiger partial charge in [-0.3, -0.25) is 0 Å². The molecule has 2 aromatic heterocycles. The molecule has 15 heteroatoms. The Morgan fingerprint density at radius 3 is 2.44 bits per heavy atom. The van der Waals surface area contributed by atoms with E-state index in [0.29, 0.717) is 42.7 Å². The zero-order chi connectivity index (χ0) is 29.5. The largest absolute Gasteiger partial charge is 0.420 e. The highest BCUT2D eigenvalue weighted by Gasteiger charge is 2.36. The summed E-state index contributed by atoms with van der Waals surface area (Å²) in [6.45, 7) is 2.41. The summed E-state index contributed by atoms with van der Waals surface area (Å²) in [5.74, 6) is 0.0179. The maximum atomic E-state index is 13.9. The minimum atomic E-state index is -4.70. The number of hydrogen-bond donors (Lipinski definition) is 1. The molecule has 4 heterocycles. The fourth-order valence-electron chi connectivity index (χ4n) is 5.25. The van der Waals surface area contributed by atoms with E-state index in [9.17, 15) is 21.6 Å². The van der Waals surface area contributed by atoms with Crippen molar-refractivity contribution in [2.45, 2.75) is 37.5 Å². The van der Waals surface area contributed by atoms with Crippen LogP contribution in [0.1, 0.15) is 24.8 Å². The van der Waals surface area contributed by atoms with Gasteiger partial charge >= 0.3 is 6.18 Å². The quantitative estimate of drug-likeness (QED) is 0.428. The van der Waals surface area contributed by atoms with Gasteiger partial charge in [0.1, 0.15) is 23.3 Å². The first kappa shape index (κ1) is 29.5. The van der Waals surface area contributed by atoms with Gasteiger partial charge in [0.15, 0.2) is 0 Å². The number of benzene rings is 1. The summed E-state index contributed by atoms with van der Waals surface area (Å²) < 4.78 is 68.2. The van der Waals surface area contributed by atoms with Crippen LogP contribution < -0.4 is 10.2 Å². The van der Waals surface area contributed by atoms with E-state index in [1.807, 2.05) is 18.2 Å². The first-order valence-corrected chi connectivity index (χ1v) is 15.4. The highest BCUT2D eigenvalue weighted by atomic mass is 35.5. The van der Waals surface area contributed by atoms with Crippen molar-refractivity contribution < 1.29 is 21.6 Å². The number of imidazole rings is 1. The van der Waals surface area contributed by atoms with Crippen LogP contribution in [0.4, 0.5) is 24.8 Å². The van der Waals surface area contributed by atoms with E-state index >= 15 is 0 Å². The van der Waals surface area contributed by atoms with Gasteiger partial charge in [-0.2, -0.15) is 13.2 Å². The van der Waals surface area contributed by atoms with Gasteiger partial charge in [0, 0.05) is 56.3 Å². The molecule has 2 aliphatic heterocycles. The first-order valence-electron chi connectivity index (χ1n) is 13.2. The smallest absolute Gasteiger partial charge is 0.370 e. The predicted octanol–water partition coefficient (Wildman–Crippen LogP) is 3.98. The Morgan fingerprint density at radius 2 is 1.83 bits per heavy atom. The minimum absolute atomic E-state index is 0.0168. The average Bonchev–Trinajstić information content (AvgIpc) is 3.59. The van der Waals surface area contributed by atoms with Crippen LogP contribution in [-0.4, -0.2) is 95.8 Å². The van der Waals surface area contributed by atoms with Crippen LogP contribution in [0.3, 0.4) is 0 Å². The molecule has 1 unspecified atom stereocenters. The van der Waals surface area contributed by atoms with Crippen molar-refractivity contribution in [3.63, 3.8) is 0 Å². The van der Waals surface area contributed by atoms with Gasteiger partial charge < -0.3 is 19.7 Å². The Hall–Kier alpha value is -2.94. The molecular weight excluding hydrogens is 581 g/mol. The second kappa shape index (κ2) is 11.4. The number of hydrogen-bond acceptors (Lipinski definition) is 8. The molecule has 1 N–H and O–H groups in total. The molecule has 0 bridgehead atoms. The lowest BCUT2D eigenvalue weighted by Crippen LogP contribution is -2.42. The van der Waals surface area contributed by atoms with Crippen LogP contribution in [-0.2, 0) is 16.2 Å². The molecule has 0 amide bonds. The van der Waals surface area contributed by atoms with E-state index in [-0.39, 0.29) is 23.4 Å². The molecule has 1 aromatic carbocycles. The van der Waals surface area contributed by atoms with E-state index in [2.05, 4.69) is 44.2 Å². The van der Waals surface area contributed by atoms with Gasteiger partial charge in [0.25, 0.3) is 0 Å². The zero-order valence-electron chi connectivity index (χ0n) is 22.9. The third kappa shape index (κ3) is 6.60. The van der Waals surface area contributed by atoms with Crippen molar-refractivity contribution in [2.24, 2.45) is 0 Å². The van der Waals surface area contributed by atoms with Crippen LogP contribution in [0.5, 0.6) is 0 Å². The molecule has 0 aliphatic carbocycles. The van der Waals surface area contributed by atoms with Gasteiger partial charge in [-0.15, -0.1) is 0 Å². The second-order valence-electron chi connectivity index (χ2n) is 10.7. The van der Waals surface area contributed by atoms with E-state index in [1.165, 1.54) is 16.8 Å². The van der Waals surface area contributed by atoms with Crippen LogP contribution in [0, 0.1) is 0 Å². The zero-order valence-corrected chi connectivity index (χ0v) is 24.5. The van der Waals surface area contributed by atoms with Gasteiger partial charge in [-0.05, 0) is 51.6 Å².